The van der Waals surface area contributed by atoms with Crippen LogP contribution in [0.2, 0.25) is 0 Å². The van der Waals surface area contributed by atoms with Crippen LogP contribution in [-0.2, 0) is 4.79 Å². The zero-order chi connectivity index (χ0) is 7.70. The van der Waals surface area contributed by atoms with Gasteiger partial charge in [0.25, 0.3) is 0 Å². The third-order valence-corrected chi connectivity index (χ3v) is 0.757. The van der Waals surface area contributed by atoms with E-state index in [0.29, 0.717) is 6.42 Å². The first-order valence-electron chi connectivity index (χ1n) is 3.30. The first-order chi connectivity index (χ1) is 4.18. The van der Waals surface area contributed by atoms with Crippen LogP contribution < -0.4 is 17.0 Å². The minimum Gasteiger partial charge on any atom is -1.00 e. The number of aliphatic hydroxyl groups excluding tert-OH is 1. The summed E-state index contributed by atoms with van der Waals surface area (Å²) >= 11 is 0. The molecule has 0 saturated carbocycles. The van der Waals surface area contributed by atoms with Gasteiger partial charge in [-0.1, -0.05) is 13.8 Å². The van der Waals surface area contributed by atoms with Gasteiger partial charge in [0, 0.05) is 6.42 Å². The summed E-state index contributed by atoms with van der Waals surface area (Å²) in [6.07, 6.45) is 2.26. The van der Waals surface area contributed by atoms with E-state index >= 15 is 0 Å². The van der Waals surface area contributed by atoms with Gasteiger partial charge in [0.1, 0.15) is 6.29 Å². The maximum absolute atomic E-state index is 9.17. The Balaban J connectivity index is -0.0000000221. The Bertz CT molecular complexity index is 61.0. The summed E-state index contributed by atoms with van der Waals surface area (Å²) in [7, 11) is 0. The van der Waals surface area contributed by atoms with E-state index in [1.54, 1.807) is 6.92 Å². The fourth-order valence-corrected chi connectivity index (χ4v) is 0. The largest absolute Gasteiger partial charge is 2.00 e. The van der Waals surface area contributed by atoms with Gasteiger partial charge in [-0.25, -0.2) is 0 Å². The molecule has 1 atom stereocenters. The molecule has 72 valence electrons. The van der Waals surface area contributed by atoms with Crippen molar-refractivity contribution < 1.29 is 26.9 Å². The molecule has 0 amide bonds. The minimum atomic E-state index is -0.116. The van der Waals surface area contributed by atoms with Crippen molar-refractivity contribution in [2.75, 3.05) is 0 Å². The van der Waals surface area contributed by atoms with Crippen molar-refractivity contribution in [3.63, 3.8) is 0 Å². The Hall–Kier alpha value is 0.876. The Labute approximate surface area is 103 Å². The summed E-state index contributed by atoms with van der Waals surface area (Å²) in [5.41, 5.74) is 0. The van der Waals surface area contributed by atoms with Crippen LogP contribution in [0.15, 0.2) is 0 Å². The third kappa shape index (κ3) is 70.6. The summed E-state index contributed by atoms with van der Waals surface area (Å²) in [5, 5.41) is 8.36. The molecule has 0 aliphatic carbocycles. The number of hydrogen-bond acceptors (Lipinski definition) is 2. The zero-order valence-corrected chi connectivity index (χ0v) is 11.5. The first-order valence-corrected chi connectivity index (χ1v) is 3.30. The van der Waals surface area contributed by atoms with E-state index in [1.165, 1.54) is 0 Å². The van der Waals surface area contributed by atoms with Gasteiger partial charge in [0.15, 0.2) is 0 Å². The van der Waals surface area contributed by atoms with Gasteiger partial charge in [0.05, 0.1) is 6.10 Å². The van der Waals surface area contributed by atoms with E-state index in [9.17, 15) is 4.79 Å². The van der Waals surface area contributed by atoms with E-state index in [0.717, 1.165) is 12.7 Å². The average Bonchev–Trinajstić information content (AvgIpc) is 1.89. The Morgan fingerprint density at radius 3 is 1.58 bits per heavy atom. The Morgan fingerprint density at radius 1 is 1.42 bits per heavy atom. The van der Waals surface area contributed by atoms with Crippen LogP contribution >= 0.6 is 0 Å². The molecule has 0 aliphatic rings. The molecular weight excluding hydrogens is 232 g/mol. The Kier molecular flexibility index (Phi) is 72.5. The predicted molar refractivity (Wildman–Crippen MR) is 50.5 cm³/mol. The van der Waals surface area contributed by atoms with Crippen LogP contribution in [0.5, 0.6) is 0 Å². The van der Waals surface area contributed by atoms with Crippen LogP contribution in [-0.4, -0.2) is 40.5 Å². The van der Waals surface area contributed by atoms with Crippen LogP contribution in [0.3, 0.4) is 0 Å². The third-order valence-electron chi connectivity index (χ3n) is 0.757. The van der Waals surface area contributed by atoms with Gasteiger partial charge >= 0.3 is 23.1 Å². The molecule has 0 aromatic carbocycles. The molecule has 0 aromatic rings. The molecule has 1 unspecified atom stereocenters. The second-order valence-electron chi connectivity index (χ2n) is 1.83. The molecule has 2 nitrogen and oxygen atoms in total. The Morgan fingerprint density at radius 2 is 1.58 bits per heavy atom. The summed E-state index contributed by atoms with van der Waals surface area (Å²) in [4.78, 5) is 9.17. The minimum absolute atomic E-state index is 0. The van der Waals surface area contributed by atoms with Crippen molar-refractivity contribution in [2.45, 2.75) is 39.7 Å². The molecule has 0 fully saturated rings. The van der Waals surface area contributed by atoms with Crippen LogP contribution in [0.25, 0.3) is 0 Å². The number of hydrogen-bond donors (Lipinski definition) is 1. The summed E-state index contributed by atoms with van der Waals surface area (Å²) in [6.45, 7) is 5.54. The topological polar surface area (TPSA) is 37.3 Å². The summed E-state index contributed by atoms with van der Waals surface area (Å²) < 4.78 is 0. The molecule has 12 heavy (non-hydrogen) atoms. The monoisotopic (exact) mass is 250 g/mol. The predicted octanol–water partition coefficient (Wildman–Crippen LogP) is -1.55. The van der Waals surface area contributed by atoms with E-state index < -0.39 is 0 Å². The fraction of sp³-hybridized carbons (Fsp3) is 0.750. The molecule has 0 saturated heterocycles. The van der Waals surface area contributed by atoms with Crippen molar-refractivity contribution in [3.05, 3.63) is 7.43 Å². The average molecular weight is 251 g/mol. The van der Waals surface area contributed by atoms with Crippen LogP contribution in [0.1, 0.15) is 33.6 Å². The van der Waals surface area contributed by atoms with E-state index in [1.807, 2.05) is 13.8 Å². The molecule has 1 N–H and O–H groups in total. The maximum Gasteiger partial charge on any atom is 2.00 e. The van der Waals surface area contributed by atoms with Crippen molar-refractivity contribution in [2.24, 2.45) is 0 Å². The zero-order valence-electron chi connectivity index (χ0n) is 8.51. The maximum atomic E-state index is 9.17. The number of aliphatic hydroxyl groups is 1. The molecule has 0 bridgehead atoms. The normalized spacial score (nSPS) is 8.33. The van der Waals surface area contributed by atoms with Gasteiger partial charge < -0.3 is 34.3 Å². The van der Waals surface area contributed by atoms with Crippen LogP contribution in [0.4, 0.5) is 0 Å². The number of aldehydes is 1. The van der Waals surface area contributed by atoms with Crippen molar-refractivity contribution in [1.29, 1.82) is 0 Å². The van der Waals surface area contributed by atoms with Gasteiger partial charge in [-0.15, -0.1) is 0 Å². The van der Waals surface area contributed by atoms with Crippen molar-refractivity contribution in [3.8, 4) is 0 Å². The number of carbonyl (C=O) groups is 1. The van der Waals surface area contributed by atoms with E-state index in [4.69, 9.17) is 5.11 Å². The van der Waals surface area contributed by atoms with E-state index in [2.05, 4.69) is 0 Å². The molecule has 0 radical (unpaired) electrons. The number of halogens is 1. The molecular formula is C8H19BrMgO2. The molecule has 4 heteroatoms. The fourth-order valence-electron chi connectivity index (χ4n) is 0. The number of rotatable bonds is 2. The summed E-state index contributed by atoms with van der Waals surface area (Å²) in [5.74, 6) is 0. The SMILES string of the molecule is CCC(C)O.CCC=O.[Br-].[CH3-].[Mg+2]. The van der Waals surface area contributed by atoms with Crippen molar-refractivity contribution in [1.82, 2.24) is 0 Å². The smallest absolute Gasteiger partial charge is 1.00 e. The molecule has 0 spiro atoms. The number of carbonyl (C=O) groups excluding carboxylic acids is 1. The quantitative estimate of drug-likeness (QED) is 0.366. The van der Waals surface area contributed by atoms with Gasteiger partial charge in [-0.2, -0.15) is 0 Å². The molecule has 0 aromatic heterocycles. The summed E-state index contributed by atoms with van der Waals surface area (Å²) in [6, 6.07) is 0. The molecule has 0 aliphatic heterocycles. The first kappa shape index (κ1) is 29.3. The molecule has 0 rings (SSSR count). The van der Waals surface area contributed by atoms with Crippen LogP contribution in [0, 0.1) is 7.43 Å². The van der Waals surface area contributed by atoms with E-state index in [-0.39, 0.29) is 53.6 Å². The van der Waals surface area contributed by atoms with Gasteiger partial charge in [-0.05, 0) is 13.3 Å². The molecule has 0 heterocycles. The van der Waals surface area contributed by atoms with Crippen molar-refractivity contribution >= 4 is 29.3 Å². The second-order valence-corrected chi connectivity index (χ2v) is 1.83. The van der Waals surface area contributed by atoms with Gasteiger partial charge in [-0.3, -0.25) is 0 Å². The second kappa shape index (κ2) is 29.7. The standard InChI is InChI=1S/C4H10O.C3H6O.CH3.BrH.Mg/c1-3-4(2)5;1-2-3-4;;;/h4-5H,3H2,1-2H3;3H,2H2,1H3;1H3;1H;/q;;-1;;+2/p-1. The van der Waals surface area contributed by atoms with Gasteiger partial charge in [0.2, 0.25) is 0 Å².